The molecule has 2 atom stereocenters. The monoisotopic (exact) mass is 441 g/mol. The van der Waals surface area contributed by atoms with Gasteiger partial charge < -0.3 is 18.7 Å². The van der Waals surface area contributed by atoms with Gasteiger partial charge in [0.05, 0.1) is 32.5 Å². The second-order valence-corrected chi connectivity index (χ2v) is 7.48. The summed E-state index contributed by atoms with van der Waals surface area (Å²) < 4.78 is 20.8. The lowest BCUT2D eigenvalue weighted by atomic mass is 9.85. The van der Waals surface area contributed by atoms with Crippen molar-refractivity contribution >= 4 is 17.8 Å². The van der Waals surface area contributed by atoms with Crippen LogP contribution in [0.15, 0.2) is 34.9 Å². The van der Waals surface area contributed by atoms with Crippen LogP contribution in [-0.2, 0) is 25.7 Å². The van der Waals surface area contributed by atoms with Gasteiger partial charge in [0.25, 0.3) is 5.89 Å². The number of ether oxygens (including phenoxy) is 3. The molecule has 2 aromatic rings. The quantitative estimate of drug-likeness (QED) is 0.344. The lowest BCUT2D eigenvalue weighted by Crippen LogP contribution is -2.33. The van der Waals surface area contributed by atoms with Crippen LogP contribution in [0, 0.1) is 11.8 Å². The summed E-state index contributed by atoms with van der Waals surface area (Å²) in [5.41, 5.74) is 0.644. The summed E-state index contributed by atoms with van der Waals surface area (Å²) in [5, 5.41) is 3.89. The van der Waals surface area contributed by atoms with E-state index in [2.05, 4.69) is 10.1 Å². The molecule has 1 saturated heterocycles. The first kappa shape index (κ1) is 21.5. The average Bonchev–Trinajstić information content (AvgIpc) is 3.39. The van der Waals surface area contributed by atoms with Crippen LogP contribution in [-0.4, -0.2) is 53.6 Å². The normalized spacial score (nSPS) is 19.8. The van der Waals surface area contributed by atoms with Gasteiger partial charge in [0, 0.05) is 12.1 Å². The van der Waals surface area contributed by atoms with Crippen molar-refractivity contribution in [3.63, 3.8) is 0 Å². The fourth-order valence-electron chi connectivity index (χ4n) is 3.91. The summed E-state index contributed by atoms with van der Waals surface area (Å²) in [7, 11) is 3.06. The Morgan fingerprint density at radius 3 is 2.44 bits per heavy atom. The van der Waals surface area contributed by atoms with Gasteiger partial charge in [-0.15, -0.1) is 0 Å². The first-order valence-electron chi connectivity index (χ1n) is 10.2. The van der Waals surface area contributed by atoms with E-state index in [9.17, 15) is 14.4 Å². The Morgan fingerprint density at radius 1 is 1.09 bits per heavy atom. The van der Waals surface area contributed by atoms with Crippen molar-refractivity contribution in [2.45, 2.75) is 25.9 Å². The number of allylic oxidation sites excluding steroid dienone is 2. The summed E-state index contributed by atoms with van der Waals surface area (Å²) in [6.45, 7) is -0.208. The van der Waals surface area contributed by atoms with Gasteiger partial charge in [0.1, 0.15) is 0 Å². The van der Waals surface area contributed by atoms with Gasteiger partial charge in [-0.3, -0.25) is 19.3 Å². The third-order valence-electron chi connectivity index (χ3n) is 5.60. The summed E-state index contributed by atoms with van der Waals surface area (Å²) in [6, 6.07) is 5.17. The minimum Gasteiger partial charge on any atom is -0.493 e. The van der Waals surface area contributed by atoms with Crippen LogP contribution in [0.5, 0.6) is 11.5 Å². The van der Waals surface area contributed by atoms with Gasteiger partial charge in [-0.25, -0.2) is 0 Å². The van der Waals surface area contributed by atoms with Crippen molar-refractivity contribution in [1.29, 1.82) is 0 Å². The molecule has 1 aliphatic carbocycles. The van der Waals surface area contributed by atoms with Gasteiger partial charge >= 0.3 is 5.97 Å². The fraction of sp³-hybridized carbons (Fsp3) is 0.409. The van der Waals surface area contributed by atoms with Crippen LogP contribution in [0.4, 0.5) is 0 Å². The first-order chi connectivity index (χ1) is 15.5. The summed E-state index contributed by atoms with van der Waals surface area (Å²) in [5.74, 6) is -0.0978. The molecule has 0 radical (unpaired) electrons. The molecule has 2 heterocycles. The van der Waals surface area contributed by atoms with Crippen LogP contribution in [0.3, 0.4) is 0 Å². The number of hydrogen-bond donors (Lipinski definition) is 0. The van der Waals surface area contributed by atoms with Crippen LogP contribution in [0.2, 0.25) is 0 Å². The molecule has 1 aromatic carbocycles. The van der Waals surface area contributed by atoms with Gasteiger partial charge in [0.15, 0.2) is 18.1 Å². The first-order valence-corrected chi connectivity index (χ1v) is 10.2. The maximum absolute atomic E-state index is 12.4. The SMILES string of the molecule is COc1ccc(-c2noc(COC(=O)CCN3C(=O)[C@H]4CC=CC[C@@H]4C3=O)n2)cc1OC. The number of amides is 2. The highest BCUT2D eigenvalue weighted by Gasteiger charge is 2.46. The molecule has 0 bridgehead atoms. The van der Waals surface area contributed by atoms with E-state index in [1.165, 1.54) is 19.1 Å². The maximum Gasteiger partial charge on any atom is 0.308 e. The Labute approximate surface area is 184 Å². The van der Waals surface area contributed by atoms with Gasteiger partial charge in [0.2, 0.25) is 17.6 Å². The number of esters is 1. The zero-order chi connectivity index (χ0) is 22.7. The predicted octanol–water partition coefficient (Wildman–Crippen LogP) is 2.14. The Balaban J connectivity index is 1.29. The highest BCUT2D eigenvalue weighted by molar-refractivity contribution is 6.05. The number of carbonyl (C=O) groups is 3. The molecule has 32 heavy (non-hydrogen) atoms. The third-order valence-corrected chi connectivity index (χ3v) is 5.60. The molecular weight excluding hydrogens is 418 g/mol. The highest BCUT2D eigenvalue weighted by Crippen LogP contribution is 2.35. The van der Waals surface area contributed by atoms with Crippen LogP contribution < -0.4 is 9.47 Å². The summed E-state index contributed by atoms with van der Waals surface area (Å²) >= 11 is 0. The van der Waals surface area contributed by atoms with Gasteiger partial charge in [-0.1, -0.05) is 17.3 Å². The molecule has 0 unspecified atom stereocenters. The topological polar surface area (TPSA) is 121 Å². The number of rotatable bonds is 8. The number of aromatic nitrogens is 2. The van der Waals surface area contributed by atoms with E-state index in [1.54, 1.807) is 18.2 Å². The molecule has 168 valence electrons. The van der Waals surface area contributed by atoms with E-state index < -0.39 is 5.97 Å². The molecule has 1 aromatic heterocycles. The summed E-state index contributed by atoms with van der Waals surface area (Å²) in [4.78, 5) is 42.4. The smallest absolute Gasteiger partial charge is 0.308 e. The van der Waals surface area contributed by atoms with E-state index in [-0.39, 0.29) is 49.1 Å². The fourth-order valence-corrected chi connectivity index (χ4v) is 3.91. The number of fused-ring (bicyclic) bond motifs is 1. The lowest BCUT2D eigenvalue weighted by Gasteiger charge is -2.14. The van der Waals surface area contributed by atoms with E-state index in [0.29, 0.717) is 35.7 Å². The van der Waals surface area contributed by atoms with Crippen molar-refractivity contribution in [1.82, 2.24) is 15.0 Å². The largest absolute Gasteiger partial charge is 0.493 e. The van der Waals surface area contributed by atoms with Gasteiger partial charge in [-0.05, 0) is 31.0 Å². The molecule has 0 spiro atoms. The Bertz CT molecular complexity index is 1040. The van der Waals surface area contributed by atoms with Gasteiger partial charge in [-0.2, -0.15) is 4.98 Å². The van der Waals surface area contributed by atoms with E-state index in [0.717, 1.165) is 0 Å². The second-order valence-electron chi connectivity index (χ2n) is 7.48. The third kappa shape index (κ3) is 4.20. The van der Waals surface area contributed by atoms with E-state index >= 15 is 0 Å². The van der Waals surface area contributed by atoms with Crippen molar-refractivity contribution in [2.75, 3.05) is 20.8 Å². The number of nitrogens with zero attached hydrogens (tertiary/aromatic N) is 3. The molecule has 2 aliphatic rings. The molecule has 1 aliphatic heterocycles. The molecule has 0 saturated carbocycles. The van der Waals surface area contributed by atoms with Crippen LogP contribution in [0.25, 0.3) is 11.4 Å². The minimum atomic E-state index is -0.565. The summed E-state index contributed by atoms with van der Waals surface area (Å²) in [6.07, 6.45) is 4.88. The number of hydrogen-bond acceptors (Lipinski definition) is 9. The predicted molar refractivity (Wildman–Crippen MR) is 109 cm³/mol. The standard InChI is InChI=1S/C22H23N3O7/c1-29-16-8-7-13(11-17(16)30-2)20-23-18(32-24-20)12-31-19(26)9-10-25-21(27)14-5-3-4-6-15(14)22(25)28/h3-4,7-8,11,14-15H,5-6,9-10,12H2,1-2H3/t14-,15-/m0/s1. The van der Waals surface area contributed by atoms with Crippen molar-refractivity contribution in [3.8, 4) is 22.9 Å². The average molecular weight is 441 g/mol. The minimum absolute atomic E-state index is 0.00419. The Morgan fingerprint density at radius 2 is 1.78 bits per heavy atom. The number of carbonyl (C=O) groups excluding carboxylic acids is 3. The van der Waals surface area contributed by atoms with Crippen molar-refractivity contribution in [2.24, 2.45) is 11.8 Å². The molecule has 1 fully saturated rings. The maximum atomic E-state index is 12.4. The van der Waals surface area contributed by atoms with E-state index in [4.69, 9.17) is 18.7 Å². The van der Waals surface area contributed by atoms with Crippen molar-refractivity contribution < 1.29 is 33.1 Å². The van der Waals surface area contributed by atoms with Crippen LogP contribution in [0.1, 0.15) is 25.2 Å². The molecule has 10 heteroatoms. The molecular formula is C22H23N3O7. The molecule has 4 rings (SSSR count). The Kier molecular flexibility index (Phi) is 6.20. The Hall–Kier alpha value is -3.69. The number of likely N-dealkylation sites (tertiary alicyclic amines) is 1. The van der Waals surface area contributed by atoms with E-state index in [1.807, 2.05) is 12.2 Å². The molecule has 2 amide bonds. The number of benzene rings is 1. The molecule has 0 N–H and O–H groups in total. The number of methoxy groups -OCH3 is 2. The van der Waals surface area contributed by atoms with Crippen molar-refractivity contribution in [3.05, 3.63) is 36.2 Å². The zero-order valence-electron chi connectivity index (χ0n) is 17.8. The zero-order valence-corrected chi connectivity index (χ0v) is 17.8. The highest BCUT2D eigenvalue weighted by atomic mass is 16.6. The van der Waals surface area contributed by atoms with Crippen LogP contribution >= 0.6 is 0 Å². The molecule has 10 nitrogen and oxygen atoms in total. The lowest BCUT2D eigenvalue weighted by molar-refractivity contribution is -0.147. The second kappa shape index (κ2) is 9.21. The number of imide groups is 1.